The number of esters is 1. The monoisotopic (exact) mass is 310 g/mol. The lowest BCUT2D eigenvalue weighted by atomic mass is 9.86. The summed E-state index contributed by atoms with van der Waals surface area (Å²) in [6, 6.07) is 0.214. The van der Waals surface area contributed by atoms with E-state index in [-0.39, 0.29) is 25.0 Å². The third-order valence-corrected chi connectivity index (χ3v) is 4.64. The molecule has 1 aromatic heterocycles. The Bertz CT molecular complexity index is 501. The highest BCUT2D eigenvalue weighted by Crippen LogP contribution is 2.23. The predicted octanol–water partition coefficient (Wildman–Crippen LogP) is 2.23. The molecule has 1 aromatic rings. The van der Waals surface area contributed by atoms with Gasteiger partial charge in [-0.15, -0.1) is 11.3 Å². The van der Waals surface area contributed by atoms with Gasteiger partial charge in [0.1, 0.15) is 0 Å². The smallest absolute Gasteiger partial charge is 0.312 e. The first kappa shape index (κ1) is 15.9. The Labute approximate surface area is 129 Å². The number of nitrogens with one attached hydrogen (secondary N) is 1. The van der Waals surface area contributed by atoms with E-state index in [0.717, 1.165) is 24.3 Å². The van der Waals surface area contributed by atoms with Crippen molar-refractivity contribution < 1.29 is 14.3 Å². The number of nitrogens with zero attached hydrogens (tertiary/aromatic N) is 1. The zero-order valence-corrected chi connectivity index (χ0v) is 13.4. The van der Waals surface area contributed by atoms with E-state index in [9.17, 15) is 9.59 Å². The molecule has 1 fully saturated rings. The SMILES string of the molecule is Cc1nc(CC(=O)OCC(=O)N[C@@H]2CCCC[C@H]2C)cs1. The molecule has 0 aromatic carbocycles. The van der Waals surface area contributed by atoms with Crippen LogP contribution in [0.4, 0.5) is 0 Å². The molecule has 0 saturated heterocycles. The Morgan fingerprint density at radius 3 is 2.86 bits per heavy atom. The maximum atomic E-state index is 11.8. The lowest BCUT2D eigenvalue weighted by Gasteiger charge is -2.29. The minimum atomic E-state index is -0.410. The van der Waals surface area contributed by atoms with Crippen LogP contribution in [0, 0.1) is 12.8 Å². The van der Waals surface area contributed by atoms with Crippen LogP contribution in [0.2, 0.25) is 0 Å². The summed E-state index contributed by atoms with van der Waals surface area (Å²) in [5.41, 5.74) is 0.698. The highest BCUT2D eigenvalue weighted by atomic mass is 32.1. The second-order valence-electron chi connectivity index (χ2n) is 5.63. The van der Waals surface area contributed by atoms with E-state index in [1.165, 1.54) is 17.8 Å². The van der Waals surface area contributed by atoms with Gasteiger partial charge in [0.05, 0.1) is 17.1 Å². The molecule has 5 nitrogen and oxygen atoms in total. The summed E-state index contributed by atoms with van der Waals surface area (Å²) >= 11 is 1.50. The van der Waals surface area contributed by atoms with Gasteiger partial charge < -0.3 is 10.1 Å². The molecular formula is C15H22N2O3S. The van der Waals surface area contributed by atoms with Crippen molar-refractivity contribution in [2.45, 2.75) is 52.0 Å². The van der Waals surface area contributed by atoms with Gasteiger partial charge >= 0.3 is 5.97 Å². The highest BCUT2D eigenvalue weighted by molar-refractivity contribution is 7.09. The molecule has 6 heteroatoms. The van der Waals surface area contributed by atoms with E-state index in [2.05, 4.69) is 17.2 Å². The molecular weight excluding hydrogens is 288 g/mol. The van der Waals surface area contributed by atoms with E-state index >= 15 is 0 Å². The van der Waals surface area contributed by atoms with Crippen LogP contribution in [0.5, 0.6) is 0 Å². The van der Waals surface area contributed by atoms with E-state index in [4.69, 9.17) is 4.74 Å². The maximum absolute atomic E-state index is 11.8. The third-order valence-electron chi connectivity index (χ3n) is 3.81. The Hall–Kier alpha value is -1.43. The Balaban J connectivity index is 1.69. The summed E-state index contributed by atoms with van der Waals surface area (Å²) in [7, 11) is 0. The number of ether oxygens (including phenoxy) is 1. The number of aromatic nitrogens is 1. The molecule has 1 aliphatic carbocycles. The predicted molar refractivity (Wildman–Crippen MR) is 81.1 cm³/mol. The Kier molecular flexibility index (Phi) is 5.73. The molecule has 1 aliphatic rings. The minimum absolute atomic E-state index is 0.122. The largest absolute Gasteiger partial charge is 0.455 e. The number of aryl methyl sites for hydroxylation is 1. The summed E-state index contributed by atoms with van der Waals surface area (Å²) < 4.78 is 5.01. The van der Waals surface area contributed by atoms with Gasteiger partial charge in [0, 0.05) is 11.4 Å². The molecule has 1 heterocycles. The minimum Gasteiger partial charge on any atom is -0.455 e. The van der Waals surface area contributed by atoms with Crippen LogP contribution in [0.25, 0.3) is 0 Å². The first-order valence-electron chi connectivity index (χ1n) is 7.40. The average Bonchev–Trinajstić information content (AvgIpc) is 2.84. The number of carbonyl (C=O) groups is 2. The van der Waals surface area contributed by atoms with Crippen molar-refractivity contribution in [3.05, 3.63) is 16.1 Å². The van der Waals surface area contributed by atoms with Gasteiger partial charge in [-0.25, -0.2) is 4.98 Å². The van der Waals surface area contributed by atoms with Crippen LogP contribution in [0.3, 0.4) is 0 Å². The second kappa shape index (κ2) is 7.54. The van der Waals surface area contributed by atoms with Crippen molar-refractivity contribution in [1.29, 1.82) is 0 Å². The molecule has 116 valence electrons. The molecule has 1 amide bonds. The quantitative estimate of drug-likeness (QED) is 0.847. The van der Waals surface area contributed by atoms with Gasteiger partial charge in [-0.1, -0.05) is 19.8 Å². The van der Waals surface area contributed by atoms with Gasteiger partial charge in [-0.05, 0) is 25.7 Å². The van der Waals surface area contributed by atoms with Crippen molar-refractivity contribution in [3.63, 3.8) is 0 Å². The van der Waals surface area contributed by atoms with Gasteiger partial charge in [-0.2, -0.15) is 0 Å². The Morgan fingerprint density at radius 2 is 2.19 bits per heavy atom. The van der Waals surface area contributed by atoms with Gasteiger partial charge in [0.25, 0.3) is 5.91 Å². The zero-order chi connectivity index (χ0) is 15.2. The number of thiazole rings is 1. The zero-order valence-electron chi connectivity index (χ0n) is 12.6. The maximum Gasteiger partial charge on any atom is 0.312 e. The fourth-order valence-electron chi connectivity index (χ4n) is 2.61. The summed E-state index contributed by atoms with van der Waals surface area (Å²) in [6.07, 6.45) is 4.66. The molecule has 2 atom stereocenters. The molecule has 2 rings (SSSR count). The molecule has 21 heavy (non-hydrogen) atoms. The van der Waals surface area contributed by atoms with Crippen LogP contribution in [0.15, 0.2) is 5.38 Å². The summed E-state index contributed by atoms with van der Waals surface area (Å²) in [5.74, 6) is -0.125. The van der Waals surface area contributed by atoms with E-state index in [1.54, 1.807) is 0 Å². The number of rotatable bonds is 5. The molecule has 1 N–H and O–H groups in total. The van der Waals surface area contributed by atoms with Crippen molar-refractivity contribution >= 4 is 23.2 Å². The number of carbonyl (C=O) groups excluding carboxylic acids is 2. The first-order chi connectivity index (χ1) is 10.0. The van der Waals surface area contributed by atoms with E-state index < -0.39 is 5.97 Å². The first-order valence-corrected chi connectivity index (χ1v) is 8.28. The Morgan fingerprint density at radius 1 is 1.43 bits per heavy atom. The summed E-state index contributed by atoms with van der Waals surface area (Å²) in [4.78, 5) is 27.7. The van der Waals surface area contributed by atoms with Crippen LogP contribution in [-0.4, -0.2) is 29.5 Å². The van der Waals surface area contributed by atoms with Crippen LogP contribution < -0.4 is 5.32 Å². The standard InChI is InChI=1S/C15H22N2O3S/c1-10-5-3-4-6-13(10)17-14(18)8-20-15(19)7-12-9-21-11(2)16-12/h9-10,13H,3-8H2,1-2H3,(H,17,18)/t10-,13-/m1/s1. The molecule has 0 bridgehead atoms. The van der Waals surface area contributed by atoms with Crippen molar-refractivity contribution in [3.8, 4) is 0 Å². The molecule has 0 unspecified atom stereocenters. The fourth-order valence-corrected chi connectivity index (χ4v) is 3.23. The second-order valence-corrected chi connectivity index (χ2v) is 6.69. The van der Waals surface area contributed by atoms with Crippen LogP contribution in [-0.2, 0) is 20.7 Å². The van der Waals surface area contributed by atoms with Crippen molar-refractivity contribution in [1.82, 2.24) is 10.3 Å². The van der Waals surface area contributed by atoms with Crippen molar-refractivity contribution in [2.24, 2.45) is 5.92 Å². The lowest BCUT2D eigenvalue weighted by Crippen LogP contribution is -2.42. The highest BCUT2D eigenvalue weighted by Gasteiger charge is 2.23. The fraction of sp³-hybridized carbons (Fsp3) is 0.667. The van der Waals surface area contributed by atoms with Crippen molar-refractivity contribution in [2.75, 3.05) is 6.61 Å². The van der Waals surface area contributed by atoms with Crippen LogP contribution >= 0.6 is 11.3 Å². The molecule has 1 saturated carbocycles. The lowest BCUT2D eigenvalue weighted by molar-refractivity contribution is -0.148. The van der Waals surface area contributed by atoms with Crippen LogP contribution in [0.1, 0.15) is 43.3 Å². The number of amides is 1. The summed E-state index contributed by atoms with van der Waals surface area (Å²) in [5, 5.41) is 5.71. The van der Waals surface area contributed by atoms with E-state index in [1.807, 2.05) is 12.3 Å². The normalized spacial score (nSPS) is 21.8. The average molecular weight is 310 g/mol. The molecule has 0 radical (unpaired) electrons. The van der Waals surface area contributed by atoms with Gasteiger partial charge in [0.15, 0.2) is 6.61 Å². The molecule has 0 aliphatic heterocycles. The van der Waals surface area contributed by atoms with Gasteiger partial charge in [0.2, 0.25) is 0 Å². The molecule has 0 spiro atoms. The van der Waals surface area contributed by atoms with E-state index in [0.29, 0.717) is 11.6 Å². The third kappa shape index (κ3) is 5.12. The number of hydrogen-bond donors (Lipinski definition) is 1. The topological polar surface area (TPSA) is 68.3 Å². The van der Waals surface area contributed by atoms with Gasteiger partial charge in [-0.3, -0.25) is 9.59 Å². The summed E-state index contributed by atoms with van der Waals surface area (Å²) in [6.45, 7) is 3.84. The number of hydrogen-bond acceptors (Lipinski definition) is 5.